The highest BCUT2D eigenvalue weighted by atomic mass is 32.1. The Morgan fingerprint density at radius 2 is 2.29 bits per heavy atom. The molecule has 4 nitrogen and oxygen atoms in total. The lowest BCUT2D eigenvalue weighted by atomic mass is 10.3. The second-order valence-corrected chi connectivity index (χ2v) is 3.65. The molecule has 1 aromatic carbocycles. The van der Waals surface area contributed by atoms with E-state index in [2.05, 4.69) is 15.3 Å². The van der Waals surface area contributed by atoms with E-state index < -0.39 is 0 Å². The molecule has 2 aromatic rings. The van der Waals surface area contributed by atoms with Crippen LogP contribution in [0.3, 0.4) is 0 Å². The summed E-state index contributed by atoms with van der Waals surface area (Å²) in [6.07, 6.45) is 0. The Kier molecular flexibility index (Phi) is 2.43. The van der Waals surface area contributed by atoms with Gasteiger partial charge in [-0.3, -0.25) is 9.63 Å². The topological polar surface area (TPSA) is 51.2 Å². The van der Waals surface area contributed by atoms with Gasteiger partial charge in [0.05, 0.1) is 17.3 Å². The number of nitrogens with one attached hydrogen (secondary N) is 1. The third-order valence-corrected chi connectivity index (χ3v) is 2.72. The standard InChI is InChI=1S/C9H8N2O2S/c1-13-11-8(12)9-10-6-4-2-3-5-7(6)14-9/h2-5H,1H3,(H,11,12). The summed E-state index contributed by atoms with van der Waals surface area (Å²) in [6.45, 7) is 0. The van der Waals surface area contributed by atoms with Crippen LogP contribution < -0.4 is 5.48 Å². The molecule has 0 atom stereocenters. The van der Waals surface area contributed by atoms with Gasteiger partial charge in [-0.25, -0.2) is 10.5 Å². The highest BCUT2D eigenvalue weighted by Gasteiger charge is 2.10. The Morgan fingerprint density at radius 1 is 1.50 bits per heavy atom. The first-order valence-corrected chi connectivity index (χ1v) is 4.82. The van der Waals surface area contributed by atoms with Gasteiger partial charge in [-0.1, -0.05) is 12.1 Å². The number of hydrogen-bond donors (Lipinski definition) is 1. The molecule has 1 aromatic heterocycles. The van der Waals surface area contributed by atoms with Crippen molar-refractivity contribution in [1.82, 2.24) is 10.5 Å². The Balaban J connectivity index is 2.40. The number of fused-ring (bicyclic) bond motifs is 1. The molecule has 0 saturated heterocycles. The van der Waals surface area contributed by atoms with Crippen LogP contribution in [0, 0.1) is 0 Å². The van der Waals surface area contributed by atoms with Gasteiger partial charge in [0, 0.05) is 0 Å². The third-order valence-electron chi connectivity index (χ3n) is 1.68. The number of thiazole rings is 1. The van der Waals surface area contributed by atoms with Crippen molar-refractivity contribution in [3.63, 3.8) is 0 Å². The highest BCUT2D eigenvalue weighted by molar-refractivity contribution is 7.20. The molecular formula is C9H8N2O2S. The Labute approximate surface area is 84.5 Å². The van der Waals surface area contributed by atoms with Crippen LogP contribution in [0.2, 0.25) is 0 Å². The summed E-state index contributed by atoms with van der Waals surface area (Å²) >= 11 is 1.34. The first-order chi connectivity index (χ1) is 6.81. The molecule has 0 aliphatic carbocycles. The van der Waals surface area contributed by atoms with Crippen molar-refractivity contribution in [2.75, 3.05) is 7.11 Å². The van der Waals surface area contributed by atoms with E-state index in [1.165, 1.54) is 18.4 Å². The van der Waals surface area contributed by atoms with Crippen LogP contribution in [0.15, 0.2) is 24.3 Å². The summed E-state index contributed by atoms with van der Waals surface area (Å²) < 4.78 is 0.994. The van der Waals surface area contributed by atoms with Crippen LogP contribution >= 0.6 is 11.3 Å². The van der Waals surface area contributed by atoms with Crippen LogP contribution in [0.4, 0.5) is 0 Å². The van der Waals surface area contributed by atoms with Crippen LogP contribution in [-0.4, -0.2) is 18.0 Å². The summed E-state index contributed by atoms with van der Waals surface area (Å²) in [5, 5.41) is 0.410. The van der Waals surface area contributed by atoms with Crippen LogP contribution in [0.25, 0.3) is 10.2 Å². The van der Waals surface area contributed by atoms with Crippen molar-refractivity contribution in [2.45, 2.75) is 0 Å². The summed E-state index contributed by atoms with van der Waals surface area (Å²) in [5.74, 6) is -0.311. The molecule has 0 radical (unpaired) electrons. The quantitative estimate of drug-likeness (QED) is 0.762. The first-order valence-electron chi connectivity index (χ1n) is 4.00. The molecule has 0 bridgehead atoms. The van der Waals surface area contributed by atoms with Gasteiger partial charge in [0.2, 0.25) is 0 Å². The van der Waals surface area contributed by atoms with E-state index in [0.717, 1.165) is 10.2 Å². The SMILES string of the molecule is CONC(=O)c1nc2ccccc2s1. The molecule has 1 amide bonds. The van der Waals surface area contributed by atoms with Crippen molar-refractivity contribution in [3.8, 4) is 0 Å². The van der Waals surface area contributed by atoms with E-state index in [0.29, 0.717) is 5.01 Å². The number of para-hydroxylation sites is 1. The number of hydroxylamine groups is 1. The van der Waals surface area contributed by atoms with Gasteiger partial charge < -0.3 is 0 Å². The van der Waals surface area contributed by atoms with E-state index >= 15 is 0 Å². The largest absolute Gasteiger partial charge is 0.303 e. The lowest BCUT2D eigenvalue weighted by Gasteiger charge is -1.95. The maximum atomic E-state index is 11.3. The molecule has 0 spiro atoms. The lowest BCUT2D eigenvalue weighted by Crippen LogP contribution is -2.21. The highest BCUT2D eigenvalue weighted by Crippen LogP contribution is 2.21. The zero-order valence-electron chi connectivity index (χ0n) is 7.48. The number of carbonyl (C=O) groups excluding carboxylic acids is 1. The maximum absolute atomic E-state index is 11.3. The van der Waals surface area contributed by atoms with Crippen molar-refractivity contribution < 1.29 is 9.63 Å². The lowest BCUT2D eigenvalue weighted by molar-refractivity contribution is 0.0537. The molecule has 1 heterocycles. The predicted molar refractivity (Wildman–Crippen MR) is 54.1 cm³/mol. The fraction of sp³-hybridized carbons (Fsp3) is 0.111. The molecule has 1 N–H and O–H groups in total. The predicted octanol–water partition coefficient (Wildman–Crippen LogP) is 1.59. The zero-order chi connectivity index (χ0) is 9.97. The summed E-state index contributed by atoms with van der Waals surface area (Å²) in [6, 6.07) is 7.60. The van der Waals surface area contributed by atoms with E-state index in [-0.39, 0.29) is 5.91 Å². The molecule has 0 aliphatic heterocycles. The molecule has 0 unspecified atom stereocenters. The smallest absolute Gasteiger partial charge is 0.277 e. The van der Waals surface area contributed by atoms with Gasteiger partial charge in [-0.2, -0.15) is 0 Å². The van der Waals surface area contributed by atoms with Gasteiger partial charge in [-0.05, 0) is 12.1 Å². The molecule has 14 heavy (non-hydrogen) atoms. The van der Waals surface area contributed by atoms with Crippen LogP contribution in [-0.2, 0) is 4.84 Å². The van der Waals surface area contributed by atoms with Crippen LogP contribution in [0.1, 0.15) is 9.80 Å². The van der Waals surface area contributed by atoms with Crippen molar-refractivity contribution in [3.05, 3.63) is 29.3 Å². The van der Waals surface area contributed by atoms with E-state index in [9.17, 15) is 4.79 Å². The van der Waals surface area contributed by atoms with E-state index in [4.69, 9.17) is 0 Å². The van der Waals surface area contributed by atoms with Gasteiger partial charge in [-0.15, -0.1) is 11.3 Å². The Hall–Kier alpha value is -1.46. The second-order valence-electron chi connectivity index (χ2n) is 2.62. The molecule has 5 heteroatoms. The Morgan fingerprint density at radius 3 is 3.00 bits per heavy atom. The van der Waals surface area contributed by atoms with Gasteiger partial charge >= 0.3 is 5.91 Å². The average molecular weight is 208 g/mol. The zero-order valence-corrected chi connectivity index (χ0v) is 8.30. The fourth-order valence-electron chi connectivity index (χ4n) is 1.11. The average Bonchev–Trinajstić information content (AvgIpc) is 2.61. The minimum atomic E-state index is -0.311. The third kappa shape index (κ3) is 1.59. The molecule has 0 fully saturated rings. The monoisotopic (exact) mass is 208 g/mol. The number of rotatable bonds is 2. The van der Waals surface area contributed by atoms with Crippen molar-refractivity contribution in [1.29, 1.82) is 0 Å². The van der Waals surface area contributed by atoms with Crippen molar-refractivity contribution >= 4 is 27.5 Å². The second kappa shape index (κ2) is 3.73. The Bertz CT molecular complexity index is 434. The van der Waals surface area contributed by atoms with Crippen molar-refractivity contribution in [2.24, 2.45) is 0 Å². The molecule has 0 aliphatic rings. The normalized spacial score (nSPS) is 10.4. The molecule has 72 valence electrons. The number of carbonyl (C=O) groups is 1. The first kappa shape index (κ1) is 9.11. The maximum Gasteiger partial charge on any atom is 0.303 e. The number of amides is 1. The molecule has 0 saturated carbocycles. The summed E-state index contributed by atoms with van der Waals surface area (Å²) in [7, 11) is 1.39. The van der Waals surface area contributed by atoms with Gasteiger partial charge in [0.15, 0.2) is 5.01 Å². The van der Waals surface area contributed by atoms with Gasteiger partial charge in [0.25, 0.3) is 0 Å². The minimum Gasteiger partial charge on any atom is -0.277 e. The number of aromatic nitrogens is 1. The summed E-state index contributed by atoms with van der Waals surface area (Å²) in [5.41, 5.74) is 3.06. The van der Waals surface area contributed by atoms with Gasteiger partial charge in [0.1, 0.15) is 0 Å². The van der Waals surface area contributed by atoms with E-state index in [1.807, 2.05) is 24.3 Å². The van der Waals surface area contributed by atoms with Crippen LogP contribution in [0.5, 0.6) is 0 Å². The molecule has 2 rings (SSSR count). The summed E-state index contributed by atoms with van der Waals surface area (Å²) in [4.78, 5) is 20.0. The fourth-order valence-corrected chi connectivity index (χ4v) is 1.96. The number of nitrogens with zero attached hydrogens (tertiary/aromatic N) is 1. The van der Waals surface area contributed by atoms with E-state index in [1.54, 1.807) is 0 Å². The number of hydrogen-bond acceptors (Lipinski definition) is 4. The number of benzene rings is 1. The minimum absolute atomic E-state index is 0.311. The molecular weight excluding hydrogens is 200 g/mol.